The number of carbonyl (C=O) groups excluding carboxylic acids is 2. The lowest BCUT2D eigenvalue weighted by Gasteiger charge is -2.23. The highest BCUT2D eigenvalue weighted by atomic mass is 16.5. The third kappa shape index (κ3) is 15.7. The predicted octanol–water partition coefficient (Wildman–Crippen LogP) is 6.12. The maximum Gasteiger partial charge on any atom is 0.251 e. The highest BCUT2D eigenvalue weighted by Gasteiger charge is 2.17. The Labute approximate surface area is 243 Å². The summed E-state index contributed by atoms with van der Waals surface area (Å²) < 4.78 is 12.1. The van der Waals surface area contributed by atoms with Gasteiger partial charge in [-0.25, -0.2) is 0 Å². The van der Waals surface area contributed by atoms with E-state index in [1.165, 1.54) is 63.4 Å². The summed E-state index contributed by atoms with van der Waals surface area (Å²) in [5.41, 5.74) is 1.96. The molecule has 1 fully saturated rings. The van der Waals surface area contributed by atoms with Crippen LogP contribution in [0.2, 0.25) is 0 Å². The van der Waals surface area contributed by atoms with E-state index < -0.39 is 0 Å². The van der Waals surface area contributed by atoms with Crippen LogP contribution >= 0.6 is 0 Å². The number of rotatable bonds is 23. The van der Waals surface area contributed by atoms with Crippen LogP contribution in [0.15, 0.2) is 24.3 Å². The lowest BCUT2D eigenvalue weighted by molar-refractivity contribution is -0.120. The molecule has 1 aromatic rings. The average molecular weight is 560 g/mol. The summed E-state index contributed by atoms with van der Waals surface area (Å²) >= 11 is 0. The van der Waals surface area contributed by atoms with Gasteiger partial charge in [-0.05, 0) is 68.8 Å². The van der Waals surface area contributed by atoms with Gasteiger partial charge in [0, 0.05) is 38.8 Å². The van der Waals surface area contributed by atoms with Crippen molar-refractivity contribution in [3.63, 3.8) is 0 Å². The number of amides is 2. The summed E-state index contributed by atoms with van der Waals surface area (Å²) in [4.78, 5) is 24.4. The Kier molecular flexibility index (Phi) is 19.4. The van der Waals surface area contributed by atoms with Gasteiger partial charge in [-0.1, -0.05) is 76.8 Å². The molecule has 1 aliphatic heterocycles. The summed E-state index contributed by atoms with van der Waals surface area (Å²) in [6, 6.07) is 8.08. The highest BCUT2D eigenvalue weighted by Crippen LogP contribution is 2.25. The van der Waals surface area contributed by atoms with Crippen molar-refractivity contribution < 1.29 is 19.1 Å². The van der Waals surface area contributed by atoms with Gasteiger partial charge in [0.15, 0.2) is 0 Å². The monoisotopic (exact) mass is 559 g/mol. The molecule has 1 aromatic carbocycles. The Balaban J connectivity index is 1.72. The molecular weight excluding hydrogens is 502 g/mol. The number of hydrogen-bond acceptors (Lipinski definition) is 5. The number of carbonyl (C=O) groups is 2. The molecule has 40 heavy (non-hydrogen) atoms. The quantitative estimate of drug-likeness (QED) is 0.141. The van der Waals surface area contributed by atoms with E-state index in [2.05, 4.69) is 28.9 Å². The van der Waals surface area contributed by atoms with Crippen molar-refractivity contribution in [3.8, 4) is 0 Å². The topological polar surface area (TPSA) is 88.7 Å². The smallest absolute Gasteiger partial charge is 0.251 e. The molecule has 0 aromatic heterocycles. The van der Waals surface area contributed by atoms with E-state index in [0.717, 1.165) is 45.2 Å². The van der Waals surface area contributed by atoms with E-state index in [4.69, 9.17) is 9.47 Å². The van der Waals surface area contributed by atoms with E-state index >= 15 is 0 Å². The van der Waals surface area contributed by atoms with Gasteiger partial charge in [-0.3, -0.25) is 9.59 Å². The van der Waals surface area contributed by atoms with E-state index in [1.54, 1.807) is 7.05 Å². The van der Waals surface area contributed by atoms with Gasteiger partial charge in [0.2, 0.25) is 5.91 Å². The molecule has 7 nitrogen and oxygen atoms in total. The minimum Gasteiger partial charge on any atom is -0.379 e. The van der Waals surface area contributed by atoms with Gasteiger partial charge in [-0.15, -0.1) is 0 Å². The number of unbranched alkanes of at least 4 members (excludes halogenated alkanes) is 10. The van der Waals surface area contributed by atoms with Crippen molar-refractivity contribution in [2.75, 3.05) is 46.5 Å². The van der Waals surface area contributed by atoms with Crippen molar-refractivity contribution in [2.24, 2.45) is 0 Å². The van der Waals surface area contributed by atoms with Gasteiger partial charge in [0.05, 0.1) is 12.7 Å². The van der Waals surface area contributed by atoms with Crippen molar-refractivity contribution in [1.29, 1.82) is 0 Å². The second kappa shape index (κ2) is 22.7. The first-order valence-corrected chi connectivity index (χ1v) is 16.1. The van der Waals surface area contributed by atoms with Crippen LogP contribution in [0.4, 0.5) is 0 Å². The molecule has 0 aliphatic carbocycles. The second-order valence-corrected chi connectivity index (χ2v) is 11.2. The zero-order chi connectivity index (χ0) is 28.7. The van der Waals surface area contributed by atoms with E-state index in [9.17, 15) is 9.59 Å². The van der Waals surface area contributed by atoms with Gasteiger partial charge in [-0.2, -0.15) is 0 Å². The van der Waals surface area contributed by atoms with Crippen LogP contribution in [0.25, 0.3) is 0 Å². The number of nitrogens with one attached hydrogen (secondary N) is 3. The second-order valence-electron chi connectivity index (χ2n) is 11.2. The van der Waals surface area contributed by atoms with Crippen LogP contribution in [0.5, 0.6) is 0 Å². The first-order valence-electron chi connectivity index (χ1n) is 16.1. The van der Waals surface area contributed by atoms with Crippen molar-refractivity contribution in [1.82, 2.24) is 16.0 Å². The SMILES string of the molecule is CCCCCCCCCCCCOC(CNC(=O)c1cccc(C2CCNCC2)c1)COCCCCC(=O)NC. The fourth-order valence-electron chi connectivity index (χ4n) is 5.23. The largest absolute Gasteiger partial charge is 0.379 e. The van der Waals surface area contributed by atoms with Crippen LogP contribution in [0.3, 0.4) is 0 Å². The number of hydrogen-bond donors (Lipinski definition) is 3. The Bertz CT molecular complexity index is 798. The zero-order valence-corrected chi connectivity index (χ0v) is 25.4. The lowest BCUT2D eigenvalue weighted by atomic mass is 9.89. The molecule has 0 radical (unpaired) electrons. The Morgan fingerprint density at radius 1 is 0.925 bits per heavy atom. The first kappa shape index (κ1) is 34.2. The number of benzene rings is 1. The fraction of sp³-hybridized carbons (Fsp3) is 0.758. The predicted molar refractivity (Wildman–Crippen MR) is 164 cm³/mol. The lowest BCUT2D eigenvalue weighted by Crippen LogP contribution is -2.37. The summed E-state index contributed by atoms with van der Waals surface area (Å²) in [6.07, 6.45) is 17.1. The Hall–Kier alpha value is -1.96. The Morgan fingerprint density at radius 3 is 2.30 bits per heavy atom. The molecule has 1 saturated heterocycles. The van der Waals surface area contributed by atoms with E-state index in [1.807, 2.05) is 18.2 Å². The molecule has 2 rings (SSSR count). The van der Waals surface area contributed by atoms with Crippen molar-refractivity contribution in [2.45, 2.75) is 115 Å². The molecule has 1 atom stereocenters. The van der Waals surface area contributed by atoms with Crippen LogP contribution in [-0.4, -0.2) is 64.4 Å². The summed E-state index contributed by atoms with van der Waals surface area (Å²) in [7, 11) is 1.66. The minimum absolute atomic E-state index is 0.0599. The normalized spacial score (nSPS) is 14.7. The molecule has 3 N–H and O–H groups in total. The average Bonchev–Trinajstić information content (AvgIpc) is 3.00. The molecule has 0 bridgehead atoms. The van der Waals surface area contributed by atoms with Crippen LogP contribution in [-0.2, 0) is 14.3 Å². The summed E-state index contributed by atoms with van der Waals surface area (Å²) in [5, 5.41) is 9.14. The standard InChI is InChI=1S/C33H57N3O4/c1-3-4-5-6-7-8-9-10-11-13-24-40-31(27-39-23-14-12-18-32(37)34-2)26-36-33(38)30-17-15-16-29(25-30)28-19-21-35-22-20-28/h15-17,25,28,31,35H,3-14,18-24,26-27H2,1-2H3,(H,34,37)(H,36,38). The third-order valence-corrected chi connectivity index (χ3v) is 7.83. The number of ether oxygens (including phenoxy) is 2. The molecule has 0 spiro atoms. The highest BCUT2D eigenvalue weighted by molar-refractivity contribution is 5.94. The van der Waals surface area contributed by atoms with Gasteiger partial charge in [0.1, 0.15) is 0 Å². The van der Waals surface area contributed by atoms with Gasteiger partial charge >= 0.3 is 0 Å². The summed E-state index contributed by atoms with van der Waals surface area (Å²) in [6.45, 7) is 6.45. The molecule has 1 unspecified atom stereocenters. The number of piperidine rings is 1. The van der Waals surface area contributed by atoms with Gasteiger partial charge in [0.25, 0.3) is 5.91 Å². The van der Waals surface area contributed by atoms with Gasteiger partial charge < -0.3 is 25.4 Å². The molecule has 1 heterocycles. The fourth-order valence-corrected chi connectivity index (χ4v) is 5.23. The maximum absolute atomic E-state index is 13.0. The molecular formula is C33H57N3O4. The first-order chi connectivity index (χ1) is 19.6. The van der Waals surface area contributed by atoms with E-state index in [0.29, 0.717) is 44.3 Å². The minimum atomic E-state index is -0.186. The van der Waals surface area contributed by atoms with Crippen LogP contribution < -0.4 is 16.0 Å². The maximum atomic E-state index is 13.0. The molecule has 0 saturated carbocycles. The summed E-state index contributed by atoms with van der Waals surface area (Å²) in [5.74, 6) is 0.515. The molecule has 2 amide bonds. The molecule has 228 valence electrons. The van der Waals surface area contributed by atoms with E-state index in [-0.39, 0.29) is 17.9 Å². The molecule has 7 heteroatoms. The Morgan fingerprint density at radius 2 is 1.60 bits per heavy atom. The van der Waals surface area contributed by atoms with Crippen LogP contribution in [0.1, 0.15) is 125 Å². The molecule has 1 aliphatic rings. The van der Waals surface area contributed by atoms with Crippen LogP contribution in [0, 0.1) is 0 Å². The van der Waals surface area contributed by atoms with Crippen molar-refractivity contribution in [3.05, 3.63) is 35.4 Å². The zero-order valence-electron chi connectivity index (χ0n) is 25.4. The van der Waals surface area contributed by atoms with Crippen molar-refractivity contribution >= 4 is 11.8 Å². The third-order valence-electron chi connectivity index (χ3n) is 7.83.